The molecule has 1 aliphatic heterocycles. The summed E-state index contributed by atoms with van der Waals surface area (Å²) in [7, 11) is 0. The van der Waals surface area contributed by atoms with E-state index in [4.69, 9.17) is 0 Å². The van der Waals surface area contributed by atoms with Gasteiger partial charge in [-0.3, -0.25) is 4.90 Å². The molecule has 0 spiro atoms. The first kappa shape index (κ1) is 15.0. The van der Waals surface area contributed by atoms with E-state index in [1.54, 1.807) is 12.1 Å². The van der Waals surface area contributed by atoms with Crippen LogP contribution in [-0.2, 0) is 6.54 Å². The van der Waals surface area contributed by atoms with E-state index in [2.05, 4.69) is 41.8 Å². The van der Waals surface area contributed by atoms with Gasteiger partial charge in [0, 0.05) is 38.4 Å². The van der Waals surface area contributed by atoms with Crippen LogP contribution >= 0.6 is 0 Å². The lowest BCUT2D eigenvalue weighted by atomic mass is 10.1. The van der Waals surface area contributed by atoms with Crippen molar-refractivity contribution in [2.45, 2.75) is 20.4 Å². The molecule has 0 saturated carbocycles. The number of anilines is 1. The van der Waals surface area contributed by atoms with E-state index in [0.717, 1.165) is 32.7 Å². The van der Waals surface area contributed by atoms with E-state index in [-0.39, 0.29) is 5.82 Å². The summed E-state index contributed by atoms with van der Waals surface area (Å²) in [5, 5.41) is 0. The highest BCUT2D eigenvalue weighted by Gasteiger charge is 2.18. The third-order valence-electron chi connectivity index (χ3n) is 4.61. The van der Waals surface area contributed by atoms with E-state index in [9.17, 15) is 4.39 Å². The van der Waals surface area contributed by atoms with Crippen molar-refractivity contribution in [3.8, 4) is 0 Å². The third kappa shape index (κ3) is 3.30. The lowest BCUT2D eigenvalue weighted by Gasteiger charge is -2.37. The topological polar surface area (TPSA) is 6.48 Å². The Balaban J connectivity index is 1.60. The maximum Gasteiger partial charge on any atom is 0.123 e. The smallest absolute Gasteiger partial charge is 0.123 e. The van der Waals surface area contributed by atoms with Crippen molar-refractivity contribution in [2.24, 2.45) is 0 Å². The Labute approximate surface area is 132 Å². The number of aryl methyl sites for hydroxylation is 1. The standard InChI is InChI=1S/C19H23FN2/c1-15-4-3-5-19(16(15)2)22-12-10-21(11-13-22)14-17-6-8-18(20)9-7-17/h3-9H,10-14H2,1-2H3. The number of nitrogens with zero attached hydrogens (tertiary/aromatic N) is 2. The molecule has 0 atom stereocenters. The van der Waals surface area contributed by atoms with Crippen LogP contribution in [0.15, 0.2) is 42.5 Å². The molecule has 2 aromatic rings. The monoisotopic (exact) mass is 298 g/mol. The van der Waals surface area contributed by atoms with Gasteiger partial charge in [-0.1, -0.05) is 24.3 Å². The Hall–Kier alpha value is -1.87. The zero-order chi connectivity index (χ0) is 15.5. The second-order valence-electron chi connectivity index (χ2n) is 6.11. The molecule has 0 unspecified atom stereocenters. The molecule has 1 fully saturated rings. The summed E-state index contributed by atoms with van der Waals surface area (Å²) in [6, 6.07) is 13.4. The lowest BCUT2D eigenvalue weighted by molar-refractivity contribution is 0.249. The van der Waals surface area contributed by atoms with Gasteiger partial charge in [0.15, 0.2) is 0 Å². The zero-order valence-corrected chi connectivity index (χ0v) is 13.3. The fourth-order valence-electron chi connectivity index (χ4n) is 3.07. The van der Waals surface area contributed by atoms with Gasteiger partial charge in [0.25, 0.3) is 0 Å². The van der Waals surface area contributed by atoms with E-state index in [1.165, 1.54) is 22.4 Å². The molecule has 0 aliphatic carbocycles. The second-order valence-corrected chi connectivity index (χ2v) is 6.11. The predicted molar refractivity (Wildman–Crippen MR) is 89.8 cm³/mol. The van der Waals surface area contributed by atoms with Gasteiger partial charge in [-0.05, 0) is 48.7 Å². The van der Waals surface area contributed by atoms with Crippen molar-refractivity contribution >= 4 is 5.69 Å². The molecule has 1 aliphatic rings. The minimum Gasteiger partial charge on any atom is -0.369 e. The number of piperazine rings is 1. The van der Waals surface area contributed by atoms with Crippen LogP contribution in [0.2, 0.25) is 0 Å². The molecule has 1 heterocycles. The SMILES string of the molecule is Cc1cccc(N2CCN(Cc3ccc(F)cc3)CC2)c1C. The highest BCUT2D eigenvalue weighted by atomic mass is 19.1. The van der Waals surface area contributed by atoms with Crippen molar-refractivity contribution < 1.29 is 4.39 Å². The van der Waals surface area contributed by atoms with Crippen LogP contribution < -0.4 is 4.90 Å². The molecule has 1 saturated heterocycles. The molecule has 3 heteroatoms. The highest BCUT2D eigenvalue weighted by molar-refractivity contribution is 5.56. The molecule has 0 radical (unpaired) electrons. The van der Waals surface area contributed by atoms with E-state index < -0.39 is 0 Å². The summed E-state index contributed by atoms with van der Waals surface area (Å²) in [6.45, 7) is 9.46. The minimum atomic E-state index is -0.163. The van der Waals surface area contributed by atoms with Gasteiger partial charge in [0.05, 0.1) is 0 Å². The Morgan fingerprint density at radius 1 is 0.909 bits per heavy atom. The zero-order valence-electron chi connectivity index (χ0n) is 13.3. The molecule has 0 aromatic heterocycles. The van der Waals surface area contributed by atoms with Crippen molar-refractivity contribution in [3.05, 3.63) is 65.0 Å². The van der Waals surface area contributed by atoms with E-state index in [1.807, 2.05) is 12.1 Å². The van der Waals surface area contributed by atoms with Crippen molar-refractivity contribution in [3.63, 3.8) is 0 Å². The maximum atomic E-state index is 13.0. The third-order valence-corrected chi connectivity index (χ3v) is 4.61. The average Bonchev–Trinajstić information content (AvgIpc) is 2.53. The summed E-state index contributed by atoms with van der Waals surface area (Å²) in [5.41, 5.74) is 5.28. The molecule has 0 bridgehead atoms. The molecular weight excluding hydrogens is 275 g/mol. The fourth-order valence-corrected chi connectivity index (χ4v) is 3.07. The quantitative estimate of drug-likeness (QED) is 0.851. The minimum absolute atomic E-state index is 0.163. The Kier molecular flexibility index (Phi) is 4.44. The number of hydrogen-bond donors (Lipinski definition) is 0. The summed E-state index contributed by atoms with van der Waals surface area (Å²) >= 11 is 0. The number of halogens is 1. The van der Waals surface area contributed by atoms with Gasteiger partial charge in [0.2, 0.25) is 0 Å². The molecule has 2 nitrogen and oxygen atoms in total. The molecule has 0 N–H and O–H groups in total. The molecule has 3 rings (SSSR count). The second kappa shape index (κ2) is 6.49. The highest BCUT2D eigenvalue weighted by Crippen LogP contribution is 2.24. The van der Waals surface area contributed by atoms with Gasteiger partial charge in [-0.2, -0.15) is 0 Å². The first-order valence-electron chi connectivity index (χ1n) is 7.91. The summed E-state index contributed by atoms with van der Waals surface area (Å²) in [4.78, 5) is 4.92. The van der Waals surface area contributed by atoms with Crippen LogP contribution in [0.25, 0.3) is 0 Å². The van der Waals surface area contributed by atoms with E-state index in [0.29, 0.717) is 0 Å². The van der Waals surface area contributed by atoms with Crippen molar-refractivity contribution in [2.75, 3.05) is 31.1 Å². The van der Waals surface area contributed by atoms with Gasteiger partial charge < -0.3 is 4.90 Å². The van der Waals surface area contributed by atoms with Crippen LogP contribution in [0.3, 0.4) is 0 Å². The summed E-state index contributed by atoms with van der Waals surface area (Å²) in [6.07, 6.45) is 0. The molecule has 2 aromatic carbocycles. The van der Waals surface area contributed by atoms with Gasteiger partial charge in [-0.25, -0.2) is 4.39 Å². The van der Waals surface area contributed by atoms with Crippen LogP contribution in [-0.4, -0.2) is 31.1 Å². The predicted octanol–water partition coefficient (Wildman–Crippen LogP) is 3.76. The molecule has 22 heavy (non-hydrogen) atoms. The normalized spacial score (nSPS) is 16.0. The van der Waals surface area contributed by atoms with Gasteiger partial charge in [-0.15, -0.1) is 0 Å². The van der Waals surface area contributed by atoms with Crippen LogP contribution in [0.4, 0.5) is 10.1 Å². The average molecular weight is 298 g/mol. The largest absolute Gasteiger partial charge is 0.369 e. The van der Waals surface area contributed by atoms with Crippen LogP contribution in [0.1, 0.15) is 16.7 Å². The lowest BCUT2D eigenvalue weighted by Crippen LogP contribution is -2.46. The van der Waals surface area contributed by atoms with Crippen LogP contribution in [0, 0.1) is 19.7 Å². The molecule has 0 amide bonds. The fraction of sp³-hybridized carbons (Fsp3) is 0.368. The Morgan fingerprint density at radius 3 is 2.27 bits per heavy atom. The first-order chi connectivity index (χ1) is 10.6. The Bertz CT molecular complexity index is 628. The first-order valence-corrected chi connectivity index (χ1v) is 7.91. The van der Waals surface area contributed by atoms with Crippen molar-refractivity contribution in [1.82, 2.24) is 4.90 Å². The number of benzene rings is 2. The maximum absolute atomic E-state index is 13.0. The number of hydrogen-bond acceptors (Lipinski definition) is 2. The van der Waals surface area contributed by atoms with E-state index >= 15 is 0 Å². The number of rotatable bonds is 3. The summed E-state index contributed by atoms with van der Waals surface area (Å²) in [5.74, 6) is -0.163. The Morgan fingerprint density at radius 2 is 1.59 bits per heavy atom. The van der Waals surface area contributed by atoms with Crippen LogP contribution in [0.5, 0.6) is 0 Å². The van der Waals surface area contributed by atoms with Crippen molar-refractivity contribution in [1.29, 1.82) is 0 Å². The summed E-state index contributed by atoms with van der Waals surface area (Å²) < 4.78 is 13.0. The molecular formula is C19H23FN2. The molecule has 116 valence electrons. The van der Waals surface area contributed by atoms with Gasteiger partial charge >= 0.3 is 0 Å². The van der Waals surface area contributed by atoms with Gasteiger partial charge in [0.1, 0.15) is 5.82 Å².